The van der Waals surface area contributed by atoms with Crippen molar-refractivity contribution in [1.29, 1.82) is 0 Å². The topological polar surface area (TPSA) is 110 Å². The van der Waals surface area contributed by atoms with Crippen LogP contribution in [0.5, 0.6) is 17.2 Å². The third kappa shape index (κ3) is 16.7. The summed E-state index contributed by atoms with van der Waals surface area (Å²) in [6.07, 6.45) is 0. The fraction of sp³-hybridized carbons (Fsp3) is 0.143. The van der Waals surface area contributed by atoms with Crippen molar-refractivity contribution in [2.75, 3.05) is 13.2 Å². The average Bonchev–Trinajstić information content (AvgIpc) is 2.90. The van der Waals surface area contributed by atoms with Crippen LogP contribution in [0.2, 0.25) is 5.02 Å². The number of phenols is 2. The molecule has 0 saturated carbocycles. The zero-order valence-electron chi connectivity index (χ0n) is 19.8. The molecule has 35 heavy (non-hydrogen) atoms. The highest BCUT2D eigenvalue weighted by atomic mass is 35.5. The number of hydrogen-bond donors (Lipinski definition) is 5. The smallest absolute Gasteiger partial charge is 0.119 e. The Kier molecular flexibility index (Phi) is 18.9. The highest BCUT2D eigenvalue weighted by Gasteiger charge is 1.99. The number of para-hydroxylation sites is 2. The predicted molar refractivity (Wildman–Crippen MR) is 141 cm³/mol. The number of rotatable bonds is 3. The predicted octanol–water partition coefficient (Wildman–Crippen LogP) is 6.82. The largest absolute Gasteiger partial charge is 0.508 e. The SMILES string of the molecule is Cc1cc(O)cc(C)c1Cl.OCCOc1ccccc1.OO.Oc1ccccc1.c1ccccc1. The minimum Gasteiger partial charge on any atom is -0.508 e. The van der Waals surface area contributed by atoms with E-state index in [1.165, 1.54) is 0 Å². The van der Waals surface area contributed by atoms with Crippen LogP contribution in [0.3, 0.4) is 0 Å². The molecule has 0 aliphatic rings. The molecule has 0 saturated heterocycles. The molecule has 7 heteroatoms. The zero-order valence-corrected chi connectivity index (χ0v) is 20.6. The van der Waals surface area contributed by atoms with Gasteiger partial charge >= 0.3 is 0 Å². The first-order chi connectivity index (χ1) is 16.9. The number of ether oxygens (including phenoxy) is 1. The number of aliphatic hydroxyl groups excluding tert-OH is 1. The number of benzene rings is 4. The van der Waals surface area contributed by atoms with Crippen LogP contribution >= 0.6 is 11.6 Å². The van der Waals surface area contributed by atoms with Gasteiger partial charge in [0.25, 0.3) is 0 Å². The van der Waals surface area contributed by atoms with Crippen molar-refractivity contribution < 1.29 is 30.6 Å². The van der Waals surface area contributed by atoms with Gasteiger partial charge in [-0.25, -0.2) is 0 Å². The van der Waals surface area contributed by atoms with Crippen LogP contribution in [0, 0.1) is 13.8 Å². The second-order valence-electron chi connectivity index (χ2n) is 6.77. The maximum atomic E-state index is 9.06. The fourth-order valence-corrected chi connectivity index (χ4v) is 2.53. The molecule has 0 aliphatic heterocycles. The molecule has 0 atom stereocenters. The molecule has 0 bridgehead atoms. The number of hydrogen-bond acceptors (Lipinski definition) is 6. The Morgan fingerprint density at radius 3 is 1.34 bits per heavy atom. The van der Waals surface area contributed by atoms with E-state index in [0.717, 1.165) is 21.9 Å². The molecule has 4 aromatic carbocycles. The van der Waals surface area contributed by atoms with Crippen molar-refractivity contribution in [3.63, 3.8) is 0 Å². The Morgan fingerprint density at radius 2 is 1.00 bits per heavy atom. The van der Waals surface area contributed by atoms with Crippen LogP contribution in [0.25, 0.3) is 0 Å². The van der Waals surface area contributed by atoms with Crippen molar-refractivity contribution in [3.8, 4) is 17.2 Å². The van der Waals surface area contributed by atoms with Crippen molar-refractivity contribution >= 4 is 11.6 Å². The molecule has 0 heterocycles. The Hall–Kier alpha value is -3.55. The summed E-state index contributed by atoms with van der Waals surface area (Å²) in [6.45, 7) is 4.17. The molecule has 0 aromatic heterocycles. The number of aryl methyl sites for hydroxylation is 2. The van der Waals surface area contributed by atoms with Gasteiger partial charge in [0.15, 0.2) is 0 Å². The number of aromatic hydroxyl groups is 2. The Morgan fingerprint density at radius 1 is 0.629 bits per heavy atom. The highest BCUT2D eigenvalue weighted by molar-refractivity contribution is 6.32. The number of halogens is 1. The molecular weight excluding hydrogens is 468 g/mol. The van der Waals surface area contributed by atoms with Gasteiger partial charge in [0.1, 0.15) is 23.9 Å². The third-order valence-electron chi connectivity index (χ3n) is 3.95. The van der Waals surface area contributed by atoms with Crippen molar-refractivity contribution in [3.05, 3.63) is 125 Å². The first-order valence-corrected chi connectivity index (χ1v) is 11.0. The number of aliphatic hydroxyl groups is 1. The van der Waals surface area contributed by atoms with Crippen LogP contribution in [0.15, 0.2) is 109 Å². The average molecular weight is 501 g/mol. The molecule has 4 aromatic rings. The summed E-state index contributed by atoms with van der Waals surface area (Å²) >= 11 is 5.84. The van der Waals surface area contributed by atoms with E-state index in [1.807, 2.05) is 86.6 Å². The van der Waals surface area contributed by atoms with E-state index in [4.69, 9.17) is 42.2 Å². The lowest BCUT2D eigenvalue weighted by atomic mass is 10.1. The maximum absolute atomic E-state index is 9.06. The minimum absolute atomic E-state index is 0.0644. The molecule has 6 nitrogen and oxygen atoms in total. The minimum atomic E-state index is 0.0644. The summed E-state index contributed by atoms with van der Waals surface area (Å²) in [4.78, 5) is 0. The van der Waals surface area contributed by atoms with Gasteiger partial charge in [0.2, 0.25) is 0 Å². The summed E-state index contributed by atoms with van der Waals surface area (Å²) in [7, 11) is 0. The van der Waals surface area contributed by atoms with Crippen LogP contribution in [0.4, 0.5) is 0 Å². The molecule has 188 valence electrons. The standard InChI is InChI=1S/C8H9ClO.C8H10O2.C6H6O.C6H6.H2O2/c1-5-3-7(10)4-6(2)8(5)9;9-6-7-10-8-4-2-1-3-5-8;7-6-4-2-1-3-5-6;1-2-4-6-5-3-1;1-2/h3-4,10H,1-2H3;1-5,9H,6-7H2;1-5,7H;1-6H;1-2H. The van der Waals surface area contributed by atoms with Gasteiger partial charge < -0.3 is 20.1 Å². The zero-order chi connectivity index (χ0) is 26.3. The van der Waals surface area contributed by atoms with Crippen LogP contribution in [-0.4, -0.2) is 39.0 Å². The Balaban J connectivity index is 0.000000438. The van der Waals surface area contributed by atoms with Crippen LogP contribution in [0.1, 0.15) is 11.1 Å². The molecular formula is C28H33ClO6. The van der Waals surface area contributed by atoms with E-state index in [2.05, 4.69) is 0 Å². The molecule has 0 amide bonds. The van der Waals surface area contributed by atoms with Crippen molar-refractivity contribution in [2.24, 2.45) is 0 Å². The Bertz CT molecular complexity index is 950. The quantitative estimate of drug-likeness (QED) is 0.156. The van der Waals surface area contributed by atoms with Gasteiger partial charge in [-0.3, -0.25) is 10.5 Å². The van der Waals surface area contributed by atoms with E-state index in [-0.39, 0.29) is 12.4 Å². The summed E-state index contributed by atoms with van der Waals surface area (Å²) in [5.41, 5.74) is 1.83. The summed E-state index contributed by atoms with van der Waals surface area (Å²) in [5, 5.41) is 38.8. The lowest BCUT2D eigenvalue weighted by Gasteiger charge is -2.01. The second-order valence-corrected chi connectivity index (χ2v) is 7.15. The molecule has 5 N–H and O–H groups in total. The molecule has 0 spiro atoms. The van der Waals surface area contributed by atoms with Crippen LogP contribution in [-0.2, 0) is 0 Å². The lowest BCUT2D eigenvalue weighted by molar-refractivity contribution is -0.176. The van der Waals surface area contributed by atoms with E-state index in [9.17, 15) is 0 Å². The molecule has 0 unspecified atom stereocenters. The normalized spacial score (nSPS) is 8.74. The van der Waals surface area contributed by atoms with E-state index in [1.54, 1.807) is 36.4 Å². The van der Waals surface area contributed by atoms with Gasteiger partial charge in [0, 0.05) is 5.02 Å². The molecule has 4 rings (SSSR count). The summed E-state index contributed by atoms with van der Waals surface area (Å²) in [6, 6.07) is 33.4. The maximum Gasteiger partial charge on any atom is 0.119 e. The second kappa shape index (κ2) is 21.0. The molecule has 0 radical (unpaired) electrons. The lowest BCUT2D eigenvalue weighted by Crippen LogP contribution is -2.00. The van der Waals surface area contributed by atoms with Gasteiger partial charge in [0.05, 0.1) is 6.61 Å². The monoisotopic (exact) mass is 500 g/mol. The first kappa shape index (κ1) is 31.5. The van der Waals surface area contributed by atoms with Gasteiger partial charge in [-0.1, -0.05) is 84.4 Å². The fourth-order valence-electron chi connectivity index (χ4n) is 2.42. The van der Waals surface area contributed by atoms with Gasteiger partial charge in [-0.2, -0.15) is 0 Å². The number of phenolic OH excluding ortho intramolecular Hbond substituents is 2. The van der Waals surface area contributed by atoms with Crippen molar-refractivity contribution in [1.82, 2.24) is 0 Å². The summed E-state index contributed by atoms with van der Waals surface area (Å²) < 4.78 is 5.11. The summed E-state index contributed by atoms with van der Waals surface area (Å²) in [5.74, 6) is 1.40. The Labute approximate surface area is 211 Å². The first-order valence-electron chi connectivity index (χ1n) is 10.6. The molecule has 0 aliphatic carbocycles. The molecule has 0 fully saturated rings. The van der Waals surface area contributed by atoms with Gasteiger partial charge in [-0.15, -0.1) is 0 Å². The van der Waals surface area contributed by atoms with Crippen LogP contribution < -0.4 is 4.74 Å². The van der Waals surface area contributed by atoms with E-state index in [0.29, 0.717) is 12.4 Å². The van der Waals surface area contributed by atoms with Gasteiger partial charge in [-0.05, 0) is 61.4 Å². The van der Waals surface area contributed by atoms with Crippen molar-refractivity contribution in [2.45, 2.75) is 13.8 Å². The highest BCUT2D eigenvalue weighted by Crippen LogP contribution is 2.24. The third-order valence-corrected chi connectivity index (χ3v) is 4.54. The van der Waals surface area contributed by atoms with E-state index >= 15 is 0 Å². The van der Waals surface area contributed by atoms with E-state index < -0.39 is 0 Å².